The van der Waals surface area contributed by atoms with Gasteiger partial charge in [0.15, 0.2) is 0 Å². The van der Waals surface area contributed by atoms with E-state index in [-0.39, 0.29) is 17.9 Å². The van der Waals surface area contributed by atoms with E-state index in [0.29, 0.717) is 23.7 Å². The summed E-state index contributed by atoms with van der Waals surface area (Å²) in [5.41, 5.74) is -0.523. The van der Waals surface area contributed by atoms with Gasteiger partial charge in [-0.25, -0.2) is 0 Å². The summed E-state index contributed by atoms with van der Waals surface area (Å²) in [5, 5.41) is 19.9. The largest absolute Gasteiger partial charge is 0.481 e. The normalized spacial score (nSPS) is 46.4. The Morgan fingerprint density at radius 2 is 2.12 bits per heavy atom. The van der Waals surface area contributed by atoms with Crippen LogP contribution in [0, 0.1) is 39.2 Å². The Morgan fingerprint density at radius 3 is 2.76 bits per heavy atom. The van der Waals surface area contributed by atoms with Gasteiger partial charge in [0, 0.05) is 4.92 Å². The zero-order chi connectivity index (χ0) is 12.2. The van der Waals surface area contributed by atoms with Crippen molar-refractivity contribution in [3.63, 3.8) is 0 Å². The van der Waals surface area contributed by atoms with E-state index in [4.69, 9.17) is 5.11 Å². The molecule has 3 rings (SSSR count). The number of carboxylic acids is 1. The summed E-state index contributed by atoms with van der Waals surface area (Å²) in [6.45, 7) is -0.141. The zero-order valence-corrected chi connectivity index (χ0v) is 9.67. The fourth-order valence-corrected chi connectivity index (χ4v) is 5.09. The van der Waals surface area contributed by atoms with Crippen LogP contribution in [-0.2, 0) is 4.79 Å². The molecule has 3 aliphatic carbocycles. The van der Waals surface area contributed by atoms with Gasteiger partial charge in [0.2, 0.25) is 6.54 Å². The molecular weight excluding hydrogens is 222 g/mol. The van der Waals surface area contributed by atoms with Crippen molar-refractivity contribution >= 4 is 5.97 Å². The van der Waals surface area contributed by atoms with Crippen molar-refractivity contribution < 1.29 is 14.8 Å². The van der Waals surface area contributed by atoms with Crippen molar-refractivity contribution in [1.82, 2.24) is 0 Å². The van der Waals surface area contributed by atoms with Crippen molar-refractivity contribution in [1.29, 1.82) is 0 Å². The van der Waals surface area contributed by atoms with Gasteiger partial charge in [0.25, 0.3) is 0 Å². The Kier molecular flexibility index (Phi) is 2.22. The number of hydrogen-bond acceptors (Lipinski definition) is 3. The van der Waals surface area contributed by atoms with Crippen LogP contribution in [0.5, 0.6) is 0 Å². The van der Waals surface area contributed by atoms with Gasteiger partial charge in [-0.1, -0.05) is 6.42 Å². The smallest absolute Gasteiger partial charge is 0.304 e. The molecule has 3 aliphatic rings. The maximum atomic E-state index is 11.0. The second kappa shape index (κ2) is 3.43. The number of carboxylic acid groups (broad SMARTS) is 1. The summed E-state index contributed by atoms with van der Waals surface area (Å²) >= 11 is 0. The van der Waals surface area contributed by atoms with Gasteiger partial charge in [-0.15, -0.1) is 0 Å². The van der Waals surface area contributed by atoms with Crippen LogP contribution in [0.4, 0.5) is 0 Å². The molecule has 5 heteroatoms. The standard InChI is InChI=1S/C12H17NO4/c14-11(15)5-12(6-13(16)17)9-2-1-7-3-8(9)10(12)4-7/h7-10H,1-6H2,(H,14,15)/t7-,8-,9+,10-,12+/m1/s1. The van der Waals surface area contributed by atoms with Crippen LogP contribution in [0.3, 0.4) is 0 Å². The number of nitrogens with zero attached hydrogens (tertiary/aromatic N) is 1. The Balaban J connectivity index is 1.89. The van der Waals surface area contributed by atoms with Gasteiger partial charge in [-0.2, -0.15) is 0 Å². The molecular formula is C12H17NO4. The van der Waals surface area contributed by atoms with Gasteiger partial charge >= 0.3 is 5.97 Å². The first-order valence-corrected chi connectivity index (χ1v) is 6.36. The molecule has 0 aromatic rings. The van der Waals surface area contributed by atoms with Crippen molar-refractivity contribution in [2.24, 2.45) is 29.1 Å². The van der Waals surface area contributed by atoms with E-state index in [2.05, 4.69) is 0 Å². The molecule has 0 amide bonds. The molecule has 3 fully saturated rings. The van der Waals surface area contributed by atoms with Crippen LogP contribution >= 0.6 is 0 Å². The van der Waals surface area contributed by atoms with E-state index in [0.717, 1.165) is 19.3 Å². The molecule has 0 heterocycles. The second-order valence-electron chi connectivity index (χ2n) is 6.09. The van der Waals surface area contributed by atoms with Crippen molar-refractivity contribution in [2.75, 3.05) is 6.54 Å². The molecule has 0 unspecified atom stereocenters. The van der Waals surface area contributed by atoms with Crippen molar-refractivity contribution in [2.45, 2.75) is 32.1 Å². The van der Waals surface area contributed by atoms with Crippen molar-refractivity contribution in [3.05, 3.63) is 10.1 Å². The maximum Gasteiger partial charge on any atom is 0.304 e. The van der Waals surface area contributed by atoms with Gasteiger partial charge in [0.05, 0.1) is 11.8 Å². The number of rotatable bonds is 4. The first-order chi connectivity index (χ1) is 8.03. The Morgan fingerprint density at radius 1 is 1.35 bits per heavy atom. The van der Waals surface area contributed by atoms with Gasteiger partial charge in [-0.3, -0.25) is 14.9 Å². The second-order valence-corrected chi connectivity index (χ2v) is 6.09. The van der Waals surface area contributed by atoms with Crippen molar-refractivity contribution in [3.8, 4) is 0 Å². The number of carbonyl (C=O) groups is 1. The molecule has 5 atom stereocenters. The number of aliphatic carboxylic acids is 1. The van der Waals surface area contributed by atoms with Crippen LogP contribution in [0.1, 0.15) is 32.1 Å². The molecule has 0 spiro atoms. The highest BCUT2D eigenvalue weighted by atomic mass is 16.6. The molecule has 0 aromatic carbocycles. The summed E-state index contributed by atoms with van der Waals surface area (Å²) in [5.74, 6) is 1.03. The predicted molar refractivity (Wildman–Crippen MR) is 59.0 cm³/mol. The average molecular weight is 239 g/mol. The van der Waals surface area contributed by atoms with E-state index in [9.17, 15) is 14.9 Å². The molecule has 2 bridgehead atoms. The first-order valence-electron chi connectivity index (χ1n) is 6.36. The molecule has 1 N–H and O–H groups in total. The maximum absolute atomic E-state index is 11.0. The monoisotopic (exact) mass is 239 g/mol. The van der Waals surface area contributed by atoms with Gasteiger partial charge < -0.3 is 5.11 Å². The molecule has 0 aliphatic heterocycles. The topological polar surface area (TPSA) is 80.4 Å². The minimum absolute atomic E-state index is 0.00741. The van der Waals surface area contributed by atoms with E-state index in [1.54, 1.807) is 0 Å². The highest BCUT2D eigenvalue weighted by Gasteiger charge is 2.68. The SMILES string of the molecule is O=C(O)C[C@@]1(C[N+](=O)[O-])[C@@H]2C[C@@H]3CC[C@H]1[C@H]2C3. The third-order valence-electron chi connectivity index (χ3n) is 5.49. The third-order valence-corrected chi connectivity index (χ3v) is 5.49. The summed E-state index contributed by atoms with van der Waals surface area (Å²) in [7, 11) is 0. The summed E-state index contributed by atoms with van der Waals surface area (Å²) < 4.78 is 0. The molecule has 5 nitrogen and oxygen atoms in total. The third kappa shape index (κ3) is 1.40. The minimum atomic E-state index is -0.874. The Labute approximate surface area is 99.3 Å². The fraction of sp³-hybridized carbons (Fsp3) is 0.917. The van der Waals surface area contributed by atoms with E-state index >= 15 is 0 Å². The minimum Gasteiger partial charge on any atom is -0.481 e. The molecule has 94 valence electrons. The summed E-state index contributed by atoms with van der Waals surface area (Å²) in [6, 6.07) is 0. The fourth-order valence-electron chi connectivity index (χ4n) is 5.09. The first kappa shape index (κ1) is 11.0. The quantitative estimate of drug-likeness (QED) is 0.599. The lowest BCUT2D eigenvalue weighted by Crippen LogP contribution is -2.58. The van der Waals surface area contributed by atoms with Crippen LogP contribution in [0.15, 0.2) is 0 Å². The molecule has 0 aromatic heterocycles. The van der Waals surface area contributed by atoms with E-state index < -0.39 is 11.4 Å². The summed E-state index contributed by atoms with van der Waals surface area (Å²) in [6.07, 6.45) is 4.37. The lowest BCUT2D eigenvalue weighted by molar-refractivity contribution is -0.511. The highest BCUT2D eigenvalue weighted by Crippen LogP contribution is 2.70. The van der Waals surface area contributed by atoms with E-state index in [1.807, 2.05) is 0 Å². The van der Waals surface area contributed by atoms with Crippen LogP contribution in [-0.4, -0.2) is 22.5 Å². The predicted octanol–water partition coefficient (Wildman–Crippen LogP) is 1.79. The number of nitro groups is 1. The molecule has 3 saturated carbocycles. The lowest BCUT2D eigenvalue weighted by atomic mass is 9.45. The molecule has 0 radical (unpaired) electrons. The van der Waals surface area contributed by atoms with Crippen LogP contribution in [0.25, 0.3) is 0 Å². The number of fused-ring (bicyclic) bond motifs is 1. The summed E-state index contributed by atoms with van der Waals surface area (Å²) in [4.78, 5) is 21.6. The van der Waals surface area contributed by atoms with Crippen LogP contribution < -0.4 is 0 Å². The Bertz CT molecular complexity index is 357. The Hall–Kier alpha value is -1.13. The lowest BCUT2D eigenvalue weighted by Gasteiger charge is -2.57. The molecule has 0 saturated heterocycles. The highest BCUT2D eigenvalue weighted by molar-refractivity contribution is 5.68. The average Bonchev–Trinajstić information content (AvgIpc) is 2.41. The van der Waals surface area contributed by atoms with Gasteiger partial charge in [0.1, 0.15) is 0 Å². The van der Waals surface area contributed by atoms with Gasteiger partial charge in [-0.05, 0) is 42.9 Å². The zero-order valence-electron chi connectivity index (χ0n) is 9.67. The molecule has 17 heavy (non-hydrogen) atoms. The number of hydrogen-bond donors (Lipinski definition) is 1. The van der Waals surface area contributed by atoms with E-state index in [1.165, 1.54) is 6.42 Å². The van der Waals surface area contributed by atoms with Crippen LogP contribution in [0.2, 0.25) is 0 Å².